The standard InChI is InChI=1S/C17H18O4/c1-11-7-8-15-14(9-11)13-6-4-3-5-12(13)10-20-17(21-15)16(18)19-2/h3,5,7-10,15,17H,4,6H2,1-2H3/b12-10?,14-13-. The van der Waals surface area contributed by atoms with Gasteiger partial charge in [-0.25, -0.2) is 4.79 Å². The Hall–Kier alpha value is -2.07. The number of carbonyl (C=O) groups is 1. The molecule has 0 saturated heterocycles. The monoisotopic (exact) mass is 286 g/mol. The van der Waals surface area contributed by atoms with E-state index in [1.165, 1.54) is 18.3 Å². The van der Waals surface area contributed by atoms with Crippen LogP contribution >= 0.6 is 0 Å². The van der Waals surface area contributed by atoms with Crippen molar-refractivity contribution in [2.45, 2.75) is 32.2 Å². The maximum absolute atomic E-state index is 11.8. The summed E-state index contributed by atoms with van der Waals surface area (Å²) in [5.74, 6) is -0.533. The quantitative estimate of drug-likeness (QED) is 0.695. The van der Waals surface area contributed by atoms with E-state index in [9.17, 15) is 4.79 Å². The van der Waals surface area contributed by atoms with Crippen molar-refractivity contribution in [1.82, 2.24) is 0 Å². The van der Waals surface area contributed by atoms with Crippen LogP contribution in [0.25, 0.3) is 0 Å². The molecule has 0 aromatic rings. The van der Waals surface area contributed by atoms with Crippen molar-refractivity contribution in [3.63, 3.8) is 0 Å². The molecule has 3 aliphatic rings. The maximum Gasteiger partial charge on any atom is 0.376 e. The van der Waals surface area contributed by atoms with Crippen molar-refractivity contribution < 1.29 is 19.0 Å². The first-order valence-electron chi connectivity index (χ1n) is 7.04. The minimum absolute atomic E-state index is 0.289. The fraction of sp³-hybridized carbons (Fsp3) is 0.353. The van der Waals surface area contributed by atoms with E-state index in [2.05, 4.69) is 19.1 Å². The van der Waals surface area contributed by atoms with Gasteiger partial charge in [0, 0.05) is 5.57 Å². The van der Waals surface area contributed by atoms with Crippen LogP contribution in [0.15, 0.2) is 58.9 Å². The van der Waals surface area contributed by atoms with Crippen LogP contribution in [-0.4, -0.2) is 25.5 Å². The molecule has 4 nitrogen and oxygen atoms in total. The number of ether oxygens (including phenoxy) is 3. The number of carbonyl (C=O) groups excluding carboxylic acids is 1. The largest absolute Gasteiger partial charge is 0.464 e. The summed E-state index contributed by atoms with van der Waals surface area (Å²) >= 11 is 0. The van der Waals surface area contributed by atoms with Crippen LogP contribution in [-0.2, 0) is 19.0 Å². The van der Waals surface area contributed by atoms with Crippen LogP contribution in [0.1, 0.15) is 19.8 Å². The lowest BCUT2D eigenvalue weighted by molar-refractivity contribution is -0.185. The minimum atomic E-state index is -1.05. The molecule has 21 heavy (non-hydrogen) atoms. The SMILES string of the molecule is COC(=O)C1OC=C2C=CCC/C2=C2\C=C(C)C=CC2O1. The summed E-state index contributed by atoms with van der Waals surface area (Å²) in [6.45, 7) is 2.05. The second-order valence-electron chi connectivity index (χ2n) is 5.24. The number of esters is 1. The van der Waals surface area contributed by atoms with E-state index in [0.29, 0.717) is 0 Å². The van der Waals surface area contributed by atoms with Crippen LogP contribution in [0.3, 0.4) is 0 Å². The number of methoxy groups -OCH3 is 1. The Kier molecular flexibility index (Phi) is 3.80. The smallest absolute Gasteiger partial charge is 0.376 e. The van der Waals surface area contributed by atoms with Crippen LogP contribution < -0.4 is 0 Å². The zero-order valence-electron chi connectivity index (χ0n) is 12.2. The first-order chi connectivity index (χ1) is 10.2. The zero-order chi connectivity index (χ0) is 14.8. The molecule has 1 heterocycles. The lowest BCUT2D eigenvalue weighted by Gasteiger charge is -2.29. The molecule has 2 unspecified atom stereocenters. The van der Waals surface area contributed by atoms with Gasteiger partial charge >= 0.3 is 5.97 Å². The third-order valence-corrected chi connectivity index (χ3v) is 3.76. The van der Waals surface area contributed by atoms with E-state index in [1.54, 1.807) is 6.26 Å². The molecule has 3 rings (SSSR count). The second kappa shape index (κ2) is 5.74. The Morgan fingerprint density at radius 2 is 2.24 bits per heavy atom. The Morgan fingerprint density at radius 1 is 1.38 bits per heavy atom. The molecule has 0 spiro atoms. The molecule has 0 bridgehead atoms. The fourth-order valence-electron chi connectivity index (χ4n) is 2.71. The molecule has 0 amide bonds. The first-order valence-corrected chi connectivity index (χ1v) is 7.04. The number of allylic oxidation sites excluding steroid dienone is 6. The van der Waals surface area contributed by atoms with Gasteiger partial charge < -0.3 is 14.2 Å². The van der Waals surface area contributed by atoms with Gasteiger partial charge in [-0.2, -0.15) is 0 Å². The van der Waals surface area contributed by atoms with Gasteiger partial charge in [0.1, 0.15) is 6.10 Å². The molecule has 0 fully saturated rings. The molecule has 110 valence electrons. The van der Waals surface area contributed by atoms with Crippen LogP contribution in [0.2, 0.25) is 0 Å². The van der Waals surface area contributed by atoms with Gasteiger partial charge in [0.25, 0.3) is 6.29 Å². The highest BCUT2D eigenvalue weighted by Gasteiger charge is 2.30. The predicted molar refractivity (Wildman–Crippen MR) is 78.1 cm³/mol. The lowest BCUT2D eigenvalue weighted by Crippen LogP contribution is -2.34. The average molecular weight is 286 g/mol. The summed E-state index contributed by atoms with van der Waals surface area (Å²) in [7, 11) is 1.32. The topological polar surface area (TPSA) is 44.8 Å². The van der Waals surface area contributed by atoms with E-state index in [0.717, 1.165) is 24.0 Å². The van der Waals surface area contributed by atoms with Crippen molar-refractivity contribution in [1.29, 1.82) is 0 Å². The van der Waals surface area contributed by atoms with Crippen molar-refractivity contribution in [2.75, 3.05) is 7.11 Å². The normalized spacial score (nSPS) is 31.0. The zero-order valence-corrected chi connectivity index (χ0v) is 12.2. The molecule has 0 aromatic heterocycles. The molecule has 1 aliphatic heterocycles. The Bertz CT molecular complexity index is 604. The van der Waals surface area contributed by atoms with E-state index in [-0.39, 0.29) is 6.10 Å². The summed E-state index contributed by atoms with van der Waals surface area (Å²) < 4.78 is 16.0. The summed E-state index contributed by atoms with van der Waals surface area (Å²) in [4.78, 5) is 11.8. The molecule has 2 aliphatic carbocycles. The van der Waals surface area contributed by atoms with Crippen LogP contribution in [0.4, 0.5) is 0 Å². The third kappa shape index (κ3) is 2.72. The van der Waals surface area contributed by atoms with Crippen molar-refractivity contribution in [3.8, 4) is 0 Å². The Balaban J connectivity index is 2.05. The molecule has 4 heteroatoms. The maximum atomic E-state index is 11.8. The fourth-order valence-corrected chi connectivity index (χ4v) is 2.71. The van der Waals surface area contributed by atoms with Crippen molar-refractivity contribution in [2.24, 2.45) is 0 Å². The van der Waals surface area contributed by atoms with Crippen LogP contribution in [0, 0.1) is 0 Å². The van der Waals surface area contributed by atoms with Gasteiger partial charge in [0.05, 0.1) is 13.4 Å². The number of fused-ring (bicyclic) bond motifs is 2. The Labute approximate surface area is 124 Å². The van der Waals surface area contributed by atoms with Gasteiger partial charge in [-0.15, -0.1) is 0 Å². The molecular weight excluding hydrogens is 268 g/mol. The highest BCUT2D eigenvalue weighted by Crippen LogP contribution is 2.34. The highest BCUT2D eigenvalue weighted by molar-refractivity contribution is 5.73. The van der Waals surface area contributed by atoms with Crippen molar-refractivity contribution in [3.05, 3.63) is 58.9 Å². The van der Waals surface area contributed by atoms with E-state index in [4.69, 9.17) is 14.2 Å². The number of rotatable bonds is 1. The van der Waals surface area contributed by atoms with Crippen LogP contribution in [0.5, 0.6) is 0 Å². The average Bonchev–Trinajstić information content (AvgIpc) is 2.50. The number of hydrogen-bond donors (Lipinski definition) is 0. The molecule has 2 atom stereocenters. The highest BCUT2D eigenvalue weighted by atomic mass is 16.7. The number of hydrogen-bond acceptors (Lipinski definition) is 4. The third-order valence-electron chi connectivity index (χ3n) is 3.76. The molecule has 0 N–H and O–H groups in total. The summed E-state index contributed by atoms with van der Waals surface area (Å²) in [6.07, 6.45) is 12.4. The molecule has 0 aromatic carbocycles. The molecule has 0 radical (unpaired) electrons. The van der Waals surface area contributed by atoms with Gasteiger partial charge in [-0.1, -0.05) is 36.0 Å². The summed E-state index contributed by atoms with van der Waals surface area (Å²) in [5, 5.41) is 0. The molecular formula is C17H18O4. The second-order valence-corrected chi connectivity index (χ2v) is 5.24. The van der Waals surface area contributed by atoms with Gasteiger partial charge in [0.2, 0.25) is 0 Å². The van der Waals surface area contributed by atoms with E-state index < -0.39 is 12.3 Å². The minimum Gasteiger partial charge on any atom is -0.464 e. The summed E-state index contributed by atoms with van der Waals surface area (Å²) in [5.41, 5.74) is 4.48. The Morgan fingerprint density at radius 3 is 3.05 bits per heavy atom. The van der Waals surface area contributed by atoms with E-state index >= 15 is 0 Å². The lowest BCUT2D eigenvalue weighted by atomic mass is 9.86. The van der Waals surface area contributed by atoms with E-state index in [1.807, 2.05) is 18.2 Å². The van der Waals surface area contributed by atoms with Gasteiger partial charge in [0.15, 0.2) is 0 Å². The first kappa shape index (κ1) is 13.9. The van der Waals surface area contributed by atoms with Crippen molar-refractivity contribution >= 4 is 5.97 Å². The molecule has 0 saturated carbocycles. The summed E-state index contributed by atoms with van der Waals surface area (Å²) in [6, 6.07) is 0. The van der Waals surface area contributed by atoms with Gasteiger partial charge in [-0.3, -0.25) is 0 Å². The van der Waals surface area contributed by atoms with Gasteiger partial charge in [-0.05, 0) is 30.9 Å². The predicted octanol–water partition coefficient (Wildman–Crippen LogP) is 2.95.